The molecule has 1 aliphatic rings. The first-order valence-electron chi connectivity index (χ1n) is 6.78. The zero-order valence-electron chi connectivity index (χ0n) is 12.6. The average molecular weight is 242 g/mol. The third kappa shape index (κ3) is 3.45. The van der Waals surface area contributed by atoms with Crippen molar-refractivity contribution >= 4 is 0 Å². The SMILES string of the molecule is COC1CC(C(C)(C)C)CC(C(C)(C)C)C1O. The zero-order valence-corrected chi connectivity index (χ0v) is 12.6. The summed E-state index contributed by atoms with van der Waals surface area (Å²) in [5.41, 5.74) is 0.431. The summed E-state index contributed by atoms with van der Waals surface area (Å²) >= 11 is 0. The van der Waals surface area contributed by atoms with Gasteiger partial charge in [0.05, 0.1) is 12.2 Å². The number of aliphatic hydroxyl groups excluding tert-OH is 1. The van der Waals surface area contributed by atoms with Crippen LogP contribution in [-0.4, -0.2) is 24.4 Å². The number of hydrogen-bond acceptors (Lipinski definition) is 2. The van der Waals surface area contributed by atoms with E-state index in [1.807, 2.05) is 0 Å². The second kappa shape index (κ2) is 4.89. The van der Waals surface area contributed by atoms with Gasteiger partial charge in [-0.1, -0.05) is 41.5 Å². The summed E-state index contributed by atoms with van der Waals surface area (Å²) in [6.45, 7) is 13.5. The van der Waals surface area contributed by atoms with Crippen molar-refractivity contribution in [3.05, 3.63) is 0 Å². The minimum Gasteiger partial charge on any atom is -0.390 e. The molecule has 1 fully saturated rings. The van der Waals surface area contributed by atoms with Gasteiger partial charge in [0.25, 0.3) is 0 Å². The molecule has 0 spiro atoms. The molecule has 2 heteroatoms. The summed E-state index contributed by atoms with van der Waals surface area (Å²) in [5.74, 6) is 0.950. The summed E-state index contributed by atoms with van der Waals surface area (Å²) in [7, 11) is 1.72. The first kappa shape index (κ1) is 15.0. The van der Waals surface area contributed by atoms with E-state index in [-0.39, 0.29) is 17.6 Å². The Hall–Kier alpha value is -0.0800. The molecule has 4 unspecified atom stereocenters. The molecule has 0 aromatic heterocycles. The van der Waals surface area contributed by atoms with Gasteiger partial charge in [-0.05, 0) is 35.5 Å². The number of hydrogen-bond donors (Lipinski definition) is 1. The molecular weight excluding hydrogens is 212 g/mol. The second-order valence-electron chi connectivity index (χ2n) is 7.77. The van der Waals surface area contributed by atoms with Crippen LogP contribution >= 0.6 is 0 Å². The number of aliphatic hydroxyl groups is 1. The highest BCUT2D eigenvalue weighted by molar-refractivity contribution is 4.95. The Kier molecular flexibility index (Phi) is 4.31. The van der Waals surface area contributed by atoms with Gasteiger partial charge in [-0.25, -0.2) is 0 Å². The van der Waals surface area contributed by atoms with Gasteiger partial charge in [-0.15, -0.1) is 0 Å². The van der Waals surface area contributed by atoms with Crippen LogP contribution in [0.1, 0.15) is 54.4 Å². The molecule has 0 bridgehead atoms. The minimum atomic E-state index is -0.321. The van der Waals surface area contributed by atoms with Crippen LogP contribution in [0.4, 0.5) is 0 Å². The first-order chi connectivity index (χ1) is 7.57. The van der Waals surface area contributed by atoms with Crippen molar-refractivity contribution in [1.82, 2.24) is 0 Å². The van der Waals surface area contributed by atoms with E-state index in [2.05, 4.69) is 41.5 Å². The highest BCUT2D eigenvalue weighted by atomic mass is 16.5. The van der Waals surface area contributed by atoms with Gasteiger partial charge in [0.2, 0.25) is 0 Å². The van der Waals surface area contributed by atoms with Gasteiger partial charge in [0.1, 0.15) is 0 Å². The molecule has 0 heterocycles. The van der Waals surface area contributed by atoms with Crippen LogP contribution in [0.5, 0.6) is 0 Å². The van der Waals surface area contributed by atoms with Crippen LogP contribution in [0.2, 0.25) is 0 Å². The van der Waals surface area contributed by atoms with Gasteiger partial charge >= 0.3 is 0 Å². The molecule has 1 aliphatic carbocycles. The van der Waals surface area contributed by atoms with E-state index < -0.39 is 0 Å². The summed E-state index contributed by atoms with van der Waals surface area (Å²) in [6, 6.07) is 0. The first-order valence-corrected chi connectivity index (χ1v) is 6.78. The fraction of sp³-hybridized carbons (Fsp3) is 1.00. The number of rotatable bonds is 1. The molecule has 102 valence electrons. The lowest BCUT2D eigenvalue weighted by molar-refractivity contribution is -0.120. The monoisotopic (exact) mass is 242 g/mol. The topological polar surface area (TPSA) is 29.5 Å². The summed E-state index contributed by atoms with van der Waals surface area (Å²) in [5, 5.41) is 10.4. The molecule has 0 amide bonds. The highest BCUT2D eigenvalue weighted by Crippen LogP contribution is 2.46. The molecular formula is C15H30O2. The van der Waals surface area contributed by atoms with Crippen molar-refractivity contribution in [1.29, 1.82) is 0 Å². The van der Waals surface area contributed by atoms with E-state index in [0.29, 0.717) is 17.3 Å². The molecule has 0 aromatic rings. The van der Waals surface area contributed by atoms with Crippen molar-refractivity contribution < 1.29 is 9.84 Å². The second-order valence-corrected chi connectivity index (χ2v) is 7.77. The van der Waals surface area contributed by atoms with Crippen molar-refractivity contribution in [2.45, 2.75) is 66.6 Å². The molecule has 1 N–H and O–H groups in total. The van der Waals surface area contributed by atoms with E-state index >= 15 is 0 Å². The van der Waals surface area contributed by atoms with Crippen molar-refractivity contribution in [3.63, 3.8) is 0 Å². The van der Waals surface area contributed by atoms with Crippen molar-refractivity contribution in [2.75, 3.05) is 7.11 Å². The van der Waals surface area contributed by atoms with E-state index in [9.17, 15) is 5.11 Å². The van der Waals surface area contributed by atoms with E-state index in [4.69, 9.17) is 4.74 Å². The normalized spacial score (nSPS) is 36.0. The van der Waals surface area contributed by atoms with Gasteiger partial charge in [-0.3, -0.25) is 0 Å². The predicted molar refractivity (Wildman–Crippen MR) is 71.9 cm³/mol. The number of ether oxygens (including phenoxy) is 1. The third-order valence-corrected chi connectivity index (χ3v) is 4.49. The maximum absolute atomic E-state index is 10.4. The molecule has 0 radical (unpaired) electrons. The van der Waals surface area contributed by atoms with Gasteiger partial charge in [-0.2, -0.15) is 0 Å². The lowest BCUT2D eigenvalue weighted by atomic mass is 9.61. The summed E-state index contributed by atoms with van der Waals surface area (Å²) in [4.78, 5) is 0. The molecule has 0 saturated heterocycles. The van der Waals surface area contributed by atoms with E-state index in [1.165, 1.54) is 0 Å². The van der Waals surface area contributed by atoms with Crippen LogP contribution in [0, 0.1) is 22.7 Å². The highest BCUT2D eigenvalue weighted by Gasteiger charge is 2.45. The molecule has 4 atom stereocenters. The fourth-order valence-corrected chi connectivity index (χ4v) is 3.03. The van der Waals surface area contributed by atoms with Crippen LogP contribution in [0.15, 0.2) is 0 Å². The predicted octanol–water partition coefficient (Wildman–Crippen LogP) is 3.48. The van der Waals surface area contributed by atoms with Gasteiger partial charge in [0, 0.05) is 7.11 Å². The molecule has 17 heavy (non-hydrogen) atoms. The standard InChI is InChI=1S/C15H30O2/c1-14(2,3)10-8-11(15(4,5)6)13(16)12(9-10)17-7/h10-13,16H,8-9H2,1-7H3. The lowest BCUT2D eigenvalue weighted by Gasteiger charge is -2.48. The Bertz CT molecular complexity index is 247. The van der Waals surface area contributed by atoms with Crippen molar-refractivity contribution in [3.8, 4) is 0 Å². The molecule has 2 nitrogen and oxygen atoms in total. The Labute approximate surface area is 107 Å². The zero-order chi connectivity index (χ0) is 13.4. The van der Waals surface area contributed by atoms with Gasteiger partial charge < -0.3 is 9.84 Å². The Morgan fingerprint density at radius 2 is 1.47 bits per heavy atom. The summed E-state index contributed by atoms with van der Waals surface area (Å²) < 4.78 is 5.50. The maximum Gasteiger partial charge on any atom is 0.0835 e. The Balaban J connectivity index is 2.91. The average Bonchev–Trinajstić information content (AvgIpc) is 2.14. The smallest absolute Gasteiger partial charge is 0.0835 e. The molecule has 1 saturated carbocycles. The molecule has 0 aromatic carbocycles. The Morgan fingerprint density at radius 3 is 1.82 bits per heavy atom. The van der Waals surface area contributed by atoms with Crippen LogP contribution < -0.4 is 0 Å². The number of methoxy groups -OCH3 is 1. The van der Waals surface area contributed by atoms with E-state index in [0.717, 1.165) is 12.8 Å². The third-order valence-electron chi connectivity index (χ3n) is 4.49. The quantitative estimate of drug-likeness (QED) is 0.763. The molecule has 1 rings (SSSR count). The lowest BCUT2D eigenvalue weighted by Crippen LogP contribution is -2.49. The van der Waals surface area contributed by atoms with Crippen LogP contribution in [-0.2, 0) is 4.74 Å². The summed E-state index contributed by atoms with van der Waals surface area (Å²) in [6.07, 6.45) is 1.76. The van der Waals surface area contributed by atoms with Crippen LogP contribution in [0.3, 0.4) is 0 Å². The minimum absolute atomic E-state index is 0.00259. The Morgan fingerprint density at radius 1 is 0.941 bits per heavy atom. The van der Waals surface area contributed by atoms with Gasteiger partial charge in [0.15, 0.2) is 0 Å². The van der Waals surface area contributed by atoms with E-state index in [1.54, 1.807) is 7.11 Å². The largest absolute Gasteiger partial charge is 0.390 e. The maximum atomic E-state index is 10.4. The van der Waals surface area contributed by atoms with Crippen LogP contribution in [0.25, 0.3) is 0 Å². The van der Waals surface area contributed by atoms with Crippen molar-refractivity contribution in [2.24, 2.45) is 22.7 Å². The molecule has 0 aliphatic heterocycles. The fourth-order valence-electron chi connectivity index (χ4n) is 3.03.